The third-order valence-electron chi connectivity index (χ3n) is 2.86. The van der Waals surface area contributed by atoms with Crippen LogP contribution in [0.2, 0.25) is 0 Å². The highest BCUT2D eigenvalue weighted by Gasteiger charge is 2.20. The molecule has 0 aliphatic heterocycles. The number of primary amides is 1. The van der Waals surface area contributed by atoms with Crippen molar-refractivity contribution >= 4 is 34.5 Å². The number of hydrogen-bond donors (Lipinski definition) is 2. The summed E-state index contributed by atoms with van der Waals surface area (Å²) in [5.41, 5.74) is 5.24. The van der Waals surface area contributed by atoms with Crippen LogP contribution in [-0.4, -0.2) is 23.3 Å². The molecule has 1 heterocycles. The Labute approximate surface area is 135 Å². The molecule has 2 aromatic rings. The minimum atomic E-state index is -0.667. The van der Waals surface area contributed by atoms with Gasteiger partial charge in [-0.3, -0.25) is 19.7 Å². The molecule has 8 nitrogen and oxygen atoms in total. The monoisotopic (exact) mass is 335 g/mol. The molecule has 1 aromatic heterocycles. The normalized spacial score (nSPS) is 10.1. The number of nitro groups is 1. The molecule has 0 aliphatic rings. The van der Waals surface area contributed by atoms with Crippen LogP contribution in [0.3, 0.4) is 0 Å². The van der Waals surface area contributed by atoms with Crippen molar-refractivity contribution in [1.29, 1.82) is 0 Å². The summed E-state index contributed by atoms with van der Waals surface area (Å²) in [7, 11) is 0. The number of nitro benzene ring substituents is 1. The van der Waals surface area contributed by atoms with Crippen molar-refractivity contribution in [2.75, 3.05) is 11.9 Å². The maximum atomic E-state index is 12.4. The lowest BCUT2D eigenvalue weighted by atomic mass is 10.1. The van der Waals surface area contributed by atoms with Gasteiger partial charge in [-0.2, -0.15) is 0 Å². The molecule has 0 fully saturated rings. The molecular formula is C14H13N3O5S. The minimum Gasteiger partial charge on any atom is -0.493 e. The van der Waals surface area contributed by atoms with Gasteiger partial charge in [0.15, 0.2) is 0 Å². The first kappa shape index (κ1) is 16.4. The van der Waals surface area contributed by atoms with Gasteiger partial charge in [0.2, 0.25) is 0 Å². The van der Waals surface area contributed by atoms with E-state index in [4.69, 9.17) is 10.5 Å². The number of amides is 2. The summed E-state index contributed by atoms with van der Waals surface area (Å²) < 4.78 is 5.32. The van der Waals surface area contributed by atoms with Crippen molar-refractivity contribution in [2.45, 2.75) is 6.92 Å². The van der Waals surface area contributed by atoms with Crippen molar-refractivity contribution in [2.24, 2.45) is 5.73 Å². The topological polar surface area (TPSA) is 125 Å². The Balaban J connectivity index is 2.36. The van der Waals surface area contributed by atoms with Crippen molar-refractivity contribution in [3.63, 3.8) is 0 Å². The molecule has 9 heteroatoms. The fourth-order valence-corrected chi connectivity index (χ4v) is 2.58. The Morgan fingerprint density at radius 1 is 1.39 bits per heavy atom. The smallest absolute Gasteiger partial charge is 0.270 e. The van der Waals surface area contributed by atoms with Crippen LogP contribution in [0.1, 0.15) is 27.0 Å². The molecule has 0 saturated heterocycles. The van der Waals surface area contributed by atoms with Crippen LogP contribution in [-0.2, 0) is 0 Å². The van der Waals surface area contributed by atoms with E-state index in [2.05, 4.69) is 5.32 Å². The molecule has 1 aromatic carbocycles. The predicted molar refractivity (Wildman–Crippen MR) is 85.1 cm³/mol. The van der Waals surface area contributed by atoms with Crippen molar-refractivity contribution in [3.8, 4) is 5.75 Å². The second-order valence-corrected chi connectivity index (χ2v) is 5.27. The van der Waals surface area contributed by atoms with Crippen LogP contribution < -0.4 is 15.8 Å². The van der Waals surface area contributed by atoms with Crippen molar-refractivity contribution in [3.05, 3.63) is 50.2 Å². The summed E-state index contributed by atoms with van der Waals surface area (Å²) in [4.78, 5) is 34.1. The fraction of sp³-hybridized carbons (Fsp3) is 0.143. The third kappa shape index (κ3) is 3.64. The molecule has 0 saturated carbocycles. The highest BCUT2D eigenvalue weighted by atomic mass is 32.1. The molecule has 0 unspecified atom stereocenters. The van der Waals surface area contributed by atoms with Gasteiger partial charge in [-0.05, 0) is 24.4 Å². The number of non-ortho nitro benzene ring substituents is 1. The van der Waals surface area contributed by atoms with Gasteiger partial charge >= 0.3 is 0 Å². The van der Waals surface area contributed by atoms with E-state index in [-0.39, 0.29) is 27.6 Å². The number of carbonyl (C=O) groups is 2. The lowest BCUT2D eigenvalue weighted by molar-refractivity contribution is -0.384. The van der Waals surface area contributed by atoms with Crippen LogP contribution in [0.15, 0.2) is 29.6 Å². The Bertz CT molecular complexity index is 772. The van der Waals surface area contributed by atoms with Crippen LogP contribution >= 0.6 is 11.3 Å². The van der Waals surface area contributed by atoms with Crippen molar-refractivity contribution in [1.82, 2.24) is 0 Å². The fourth-order valence-electron chi connectivity index (χ4n) is 1.88. The molecule has 0 spiro atoms. The van der Waals surface area contributed by atoms with E-state index in [9.17, 15) is 19.7 Å². The minimum absolute atomic E-state index is 0.00247. The average molecular weight is 335 g/mol. The summed E-state index contributed by atoms with van der Waals surface area (Å²) in [6.07, 6.45) is 0. The molecular weight excluding hydrogens is 322 g/mol. The van der Waals surface area contributed by atoms with Crippen LogP contribution in [0.4, 0.5) is 11.4 Å². The van der Waals surface area contributed by atoms with Gasteiger partial charge in [-0.25, -0.2) is 0 Å². The van der Waals surface area contributed by atoms with Gasteiger partial charge in [-0.1, -0.05) is 0 Å². The first-order valence-electron chi connectivity index (χ1n) is 6.54. The van der Waals surface area contributed by atoms with Gasteiger partial charge in [0.25, 0.3) is 17.5 Å². The lowest BCUT2D eigenvalue weighted by Gasteiger charge is -2.10. The average Bonchev–Trinajstić information content (AvgIpc) is 2.96. The van der Waals surface area contributed by atoms with E-state index < -0.39 is 16.7 Å². The zero-order valence-corrected chi connectivity index (χ0v) is 12.9. The quantitative estimate of drug-likeness (QED) is 0.619. The van der Waals surface area contributed by atoms with Crippen molar-refractivity contribution < 1.29 is 19.2 Å². The van der Waals surface area contributed by atoms with E-state index in [1.807, 2.05) is 0 Å². The number of nitrogens with zero attached hydrogens (tertiary/aromatic N) is 1. The van der Waals surface area contributed by atoms with Gasteiger partial charge < -0.3 is 15.8 Å². The van der Waals surface area contributed by atoms with Gasteiger partial charge in [-0.15, -0.1) is 11.3 Å². The highest BCUT2D eigenvalue weighted by molar-refractivity contribution is 7.12. The van der Waals surface area contributed by atoms with Crippen LogP contribution in [0.5, 0.6) is 5.75 Å². The third-order valence-corrected chi connectivity index (χ3v) is 3.78. The number of nitrogens with one attached hydrogen (secondary N) is 1. The molecule has 23 heavy (non-hydrogen) atoms. The number of thiophene rings is 1. The van der Waals surface area contributed by atoms with Gasteiger partial charge in [0.05, 0.1) is 22.8 Å². The molecule has 2 amide bonds. The zero-order valence-electron chi connectivity index (χ0n) is 12.1. The molecule has 3 N–H and O–H groups in total. The molecule has 120 valence electrons. The maximum Gasteiger partial charge on any atom is 0.270 e. The molecule has 0 aliphatic carbocycles. The van der Waals surface area contributed by atoms with E-state index in [1.54, 1.807) is 12.3 Å². The Kier molecular flexibility index (Phi) is 4.91. The van der Waals surface area contributed by atoms with Gasteiger partial charge in [0, 0.05) is 12.1 Å². The second-order valence-electron chi connectivity index (χ2n) is 4.35. The second kappa shape index (κ2) is 6.88. The Morgan fingerprint density at radius 3 is 2.74 bits per heavy atom. The first-order valence-corrected chi connectivity index (χ1v) is 7.42. The van der Waals surface area contributed by atoms with Crippen LogP contribution in [0, 0.1) is 10.1 Å². The number of anilines is 1. The summed E-state index contributed by atoms with van der Waals surface area (Å²) >= 11 is 1.09. The number of nitrogens with two attached hydrogens (primary N) is 1. The lowest BCUT2D eigenvalue weighted by Crippen LogP contribution is -2.17. The molecule has 0 radical (unpaired) electrons. The number of hydrogen-bond acceptors (Lipinski definition) is 6. The van der Waals surface area contributed by atoms with E-state index in [1.165, 1.54) is 18.2 Å². The van der Waals surface area contributed by atoms with E-state index in [0.717, 1.165) is 17.4 Å². The molecule has 2 rings (SSSR count). The van der Waals surface area contributed by atoms with Crippen LogP contribution in [0.25, 0.3) is 0 Å². The summed E-state index contributed by atoms with van der Waals surface area (Å²) in [5.74, 6) is -1.08. The summed E-state index contributed by atoms with van der Waals surface area (Å²) in [6, 6.07) is 5.26. The number of rotatable bonds is 6. The maximum absolute atomic E-state index is 12.4. The molecule has 0 atom stereocenters. The Morgan fingerprint density at radius 2 is 2.13 bits per heavy atom. The number of ether oxygens (including phenoxy) is 1. The largest absolute Gasteiger partial charge is 0.493 e. The predicted octanol–water partition coefficient (Wildman–Crippen LogP) is 2.41. The van der Waals surface area contributed by atoms with E-state index in [0.29, 0.717) is 6.61 Å². The Hall–Kier alpha value is -2.94. The highest BCUT2D eigenvalue weighted by Crippen LogP contribution is 2.27. The zero-order chi connectivity index (χ0) is 17.0. The standard InChI is InChI=1S/C14H13N3O5S/c1-2-22-11-4-3-8(17(20)21)7-9(11)14(19)16-10-5-6-23-12(10)13(15)18/h3-7H,2H2,1H3,(H2,15,18)(H,16,19). The number of carbonyl (C=O) groups excluding carboxylic acids is 2. The SMILES string of the molecule is CCOc1ccc([N+](=O)[O-])cc1C(=O)Nc1ccsc1C(N)=O. The number of benzene rings is 1. The van der Waals surface area contributed by atoms with Gasteiger partial charge in [0.1, 0.15) is 10.6 Å². The molecule has 0 bridgehead atoms. The van der Waals surface area contributed by atoms with E-state index >= 15 is 0 Å². The summed E-state index contributed by atoms with van der Waals surface area (Å²) in [5, 5.41) is 15.0. The first-order chi connectivity index (χ1) is 10.9. The summed E-state index contributed by atoms with van der Waals surface area (Å²) in [6.45, 7) is 2.02.